The first-order valence-corrected chi connectivity index (χ1v) is 10.0. The first kappa shape index (κ1) is 22.5. The Balaban J connectivity index is 1.82. The smallest absolute Gasteiger partial charge is 0.281 e. The van der Waals surface area contributed by atoms with Crippen LogP contribution in [0, 0.1) is 11.3 Å². The Morgan fingerprint density at radius 2 is 1.66 bits per heavy atom. The zero-order valence-electron chi connectivity index (χ0n) is 17.6. The van der Waals surface area contributed by atoms with Crippen molar-refractivity contribution in [3.05, 3.63) is 95.6 Å². The summed E-state index contributed by atoms with van der Waals surface area (Å²) >= 11 is 0. The lowest BCUT2D eigenvalue weighted by atomic mass is 9.85. The molecule has 0 aliphatic rings. The van der Waals surface area contributed by atoms with Gasteiger partial charge < -0.3 is 14.6 Å². The standard InChI is InChI=1S/C25H23N3O4/c1-2-31-23-17-19(13-14-22(23)32-16-15-26)18-27-28-24(29)25(30,20-9-5-3-6-10-20)21-11-7-4-8-12-21/h3-14,17-18,30H,2,16H2,1H3,(H,28,29). The highest BCUT2D eigenvalue weighted by molar-refractivity contribution is 5.91. The van der Waals surface area contributed by atoms with Crippen molar-refractivity contribution in [2.24, 2.45) is 5.10 Å². The van der Waals surface area contributed by atoms with Crippen molar-refractivity contribution in [3.8, 4) is 17.6 Å². The third kappa shape index (κ3) is 5.12. The SMILES string of the molecule is CCOc1cc(C=NNC(=O)C(O)(c2ccccc2)c2ccccc2)ccc1OCC#N. The van der Waals surface area contributed by atoms with Gasteiger partial charge in [-0.2, -0.15) is 10.4 Å². The van der Waals surface area contributed by atoms with Crippen LogP contribution in [0.1, 0.15) is 23.6 Å². The van der Waals surface area contributed by atoms with Gasteiger partial charge in [0.15, 0.2) is 23.7 Å². The maximum atomic E-state index is 13.0. The predicted octanol–water partition coefficient (Wildman–Crippen LogP) is 3.37. The minimum absolute atomic E-state index is 0.0961. The summed E-state index contributed by atoms with van der Waals surface area (Å²) in [7, 11) is 0. The number of hydrogen-bond acceptors (Lipinski definition) is 6. The van der Waals surface area contributed by atoms with Gasteiger partial charge in [-0.3, -0.25) is 4.79 Å². The van der Waals surface area contributed by atoms with Crippen molar-refractivity contribution in [3.63, 3.8) is 0 Å². The minimum Gasteiger partial charge on any atom is -0.490 e. The molecule has 0 atom stereocenters. The Bertz CT molecular complexity index is 1070. The van der Waals surface area contributed by atoms with Crippen molar-refractivity contribution in [2.75, 3.05) is 13.2 Å². The lowest BCUT2D eigenvalue weighted by molar-refractivity contribution is -0.136. The number of benzene rings is 3. The fourth-order valence-corrected chi connectivity index (χ4v) is 3.14. The van der Waals surface area contributed by atoms with E-state index in [9.17, 15) is 9.90 Å². The normalized spacial score (nSPS) is 11.0. The molecule has 7 nitrogen and oxygen atoms in total. The third-order valence-corrected chi connectivity index (χ3v) is 4.65. The second kappa shape index (κ2) is 10.8. The molecule has 3 aromatic carbocycles. The van der Waals surface area contributed by atoms with Crippen LogP contribution in [0.25, 0.3) is 0 Å². The van der Waals surface area contributed by atoms with Crippen LogP contribution < -0.4 is 14.9 Å². The van der Waals surface area contributed by atoms with Crippen LogP contribution in [0.3, 0.4) is 0 Å². The van der Waals surface area contributed by atoms with E-state index < -0.39 is 11.5 Å². The van der Waals surface area contributed by atoms with Crippen molar-refractivity contribution in [2.45, 2.75) is 12.5 Å². The second-order valence-electron chi connectivity index (χ2n) is 6.73. The van der Waals surface area contributed by atoms with E-state index in [0.29, 0.717) is 34.8 Å². The molecule has 0 unspecified atom stereocenters. The van der Waals surface area contributed by atoms with Crippen molar-refractivity contribution >= 4 is 12.1 Å². The third-order valence-electron chi connectivity index (χ3n) is 4.65. The molecule has 0 fully saturated rings. The average Bonchev–Trinajstić information content (AvgIpc) is 2.84. The quantitative estimate of drug-likeness (QED) is 0.401. The lowest BCUT2D eigenvalue weighted by Gasteiger charge is -2.27. The molecule has 1 amide bonds. The van der Waals surface area contributed by atoms with E-state index in [1.165, 1.54) is 6.21 Å². The fraction of sp³-hybridized carbons (Fsp3) is 0.160. The molecule has 0 aliphatic carbocycles. The van der Waals surface area contributed by atoms with E-state index in [-0.39, 0.29) is 6.61 Å². The van der Waals surface area contributed by atoms with E-state index in [2.05, 4.69) is 10.5 Å². The highest BCUT2D eigenvalue weighted by atomic mass is 16.5. The Labute approximate surface area is 186 Å². The number of carbonyl (C=O) groups is 1. The first-order chi connectivity index (χ1) is 15.6. The van der Waals surface area contributed by atoms with Gasteiger partial charge in [-0.15, -0.1) is 0 Å². The van der Waals surface area contributed by atoms with Gasteiger partial charge in [0.25, 0.3) is 5.91 Å². The summed E-state index contributed by atoms with van der Waals surface area (Å²) in [4.78, 5) is 13.0. The van der Waals surface area contributed by atoms with Gasteiger partial charge in [0.05, 0.1) is 12.8 Å². The largest absolute Gasteiger partial charge is 0.490 e. The van der Waals surface area contributed by atoms with Crippen LogP contribution in [0.5, 0.6) is 11.5 Å². The monoisotopic (exact) mass is 429 g/mol. The van der Waals surface area contributed by atoms with Gasteiger partial charge in [-0.05, 0) is 41.8 Å². The number of ether oxygens (including phenoxy) is 2. The predicted molar refractivity (Wildman–Crippen MR) is 120 cm³/mol. The van der Waals surface area contributed by atoms with Crippen LogP contribution in [0.15, 0.2) is 84.0 Å². The molecule has 0 saturated heterocycles. The molecule has 0 bridgehead atoms. The summed E-state index contributed by atoms with van der Waals surface area (Å²) in [6.07, 6.45) is 1.44. The van der Waals surface area contributed by atoms with Gasteiger partial charge in [0, 0.05) is 0 Å². The summed E-state index contributed by atoms with van der Waals surface area (Å²) in [5.41, 5.74) is 2.02. The lowest BCUT2D eigenvalue weighted by Crippen LogP contribution is -2.43. The number of rotatable bonds is 9. The number of hydrogen-bond donors (Lipinski definition) is 2. The van der Waals surface area contributed by atoms with Crippen molar-refractivity contribution in [1.29, 1.82) is 5.26 Å². The number of nitriles is 1. The minimum atomic E-state index is -1.91. The topological polar surface area (TPSA) is 104 Å². The maximum Gasteiger partial charge on any atom is 0.281 e. The molecule has 0 radical (unpaired) electrons. The number of nitrogens with one attached hydrogen (secondary N) is 1. The molecular weight excluding hydrogens is 406 g/mol. The van der Waals surface area contributed by atoms with Crippen LogP contribution in [0.2, 0.25) is 0 Å². The summed E-state index contributed by atoms with van der Waals surface area (Å²) in [5.74, 6) is 0.213. The first-order valence-electron chi connectivity index (χ1n) is 10.0. The summed E-state index contributed by atoms with van der Waals surface area (Å²) in [6, 6.07) is 24.4. The number of hydrazone groups is 1. The summed E-state index contributed by atoms with van der Waals surface area (Å²) < 4.78 is 10.9. The number of aliphatic hydroxyl groups is 1. The van der Waals surface area contributed by atoms with Gasteiger partial charge in [0.2, 0.25) is 0 Å². The van der Waals surface area contributed by atoms with E-state index in [1.807, 2.05) is 25.1 Å². The van der Waals surface area contributed by atoms with Crippen molar-refractivity contribution < 1.29 is 19.4 Å². The van der Waals surface area contributed by atoms with Gasteiger partial charge in [-0.25, -0.2) is 5.43 Å². The van der Waals surface area contributed by atoms with Crippen LogP contribution in [0.4, 0.5) is 0 Å². The van der Waals surface area contributed by atoms with Crippen LogP contribution in [-0.2, 0) is 10.4 Å². The highest BCUT2D eigenvalue weighted by Crippen LogP contribution is 2.30. The molecular formula is C25H23N3O4. The molecule has 32 heavy (non-hydrogen) atoms. The molecule has 0 heterocycles. The molecule has 7 heteroatoms. The van der Waals surface area contributed by atoms with E-state index >= 15 is 0 Å². The summed E-state index contributed by atoms with van der Waals surface area (Å²) in [5, 5.41) is 24.1. The van der Waals surface area contributed by atoms with Gasteiger partial charge in [0.1, 0.15) is 6.07 Å². The number of carbonyl (C=O) groups excluding carboxylic acids is 1. The molecule has 3 aromatic rings. The maximum absolute atomic E-state index is 13.0. The van der Waals surface area contributed by atoms with Crippen molar-refractivity contribution in [1.82, 2.24) is 5.43 Å². The molecule has 0 aromatic heterocycles. The molecule has 0 saturated carbocycles. The Hall–Kier alpha value is -4.15. The van der Waals surface area contributed by atoms with Crippen LogP contribution >= 0.6 is 0 Å². The van der Waals surface area contributed by atoms with E-state index in [1.54, 1.807) is 66.7 Å². The van der Waals surface area contributed by atoms with E-state index in [0.717, 1.165) is 0 Å². The Morgan fingerprint density at radius 1 is 1.03 bits per heavy atom. The van der Waals surface area contributed by atoms with Crippen LogP contribution in [-0.4, -0.2) is 30.4 Å². The number of amides is 1. The zero-order valence-corrected chi connectivity index (χ0v) is 17.6. The summed E-state index contributed by atoms with van der Waals surface area (Å²) in [6.45, 7) is 2.16. The van der Waals surface area contributed by atoms with Gasteiger partial charge in [-0.1, -0.05) is 60.7 Å². The second-order valence-corrected chi connectivity index (χ2v) is 6.73. The average molecular weight is 429 g/mol. The van der Waals surface area contributed by atoms with Gasteiger partial charge >= 0.3 is 0 Å². The molecule has 2 N–H and O–H groups in total. The molecule has 3 rings (SSSR count). The molecule has 0 spiro atoms. The molecule has 162 valence electrons. The number of nitrogens with zero attached hydrogens (tertiary/aromatic N) is 2. The molecule has 0 aliphatic heterocycles. The Morgan fingerprint density at radius 3 is 2.22 bits per heavy atom. The zero-order chi connectivity index (χ0) is 22.8. The Kier molecular flexibility index (Phi) is 7.57. The van der Waals surface area contributed by atoms with E-state index in [4.69, 9.17) is 14.7 Å². The fourth-order valence-electron chi connectivity index (χ4n) is 3.14. The highest BCUT2D eigenvalue weighted by Gasteiger charge is 2.39.